The van der Waals surface area contributed by atoms with Crippen LogP contribution in [0.25, 0.3) is 0 Å². The van der Waals surface area contributed by atoms with Crippen molar-refractivity contribution in [3.8, 4) is 5.75 Å². The minimum Gasteiger partial charge on any atom is -0.494 e. The largest absolute Gasteiger partial charge is 0.494 e. The van der Waals surface area contributed by atoms with Crippen LogP contribution in [0.1, 0.15) is 50.4 Å². The van der Waals surface area contributed by atoms with Gasteiger partial charge in [-0.05, 0) is 50.5 Å². The molecule has 1 saturated heterocycles. The molecule has 1 aromatic rings. The zero-order valence-electron chi connectivity index (χ0n) is 14.2. The first-order valence-electron chi connectivity index (χ1n) is 8.62. The van der Waals surface area contributed by atoms with Crippen molar-refractivity contribution in [1.82, 2.24) is 0 Å². The minimum absolute atomic E-state index is 0.0968. The summed E-state index contributed by atoms with van der Waals surface area (Å²) in [5, 5.41) is 0. The fraction of sp³-hybridized carbons (Fsp3) is 0.632. The molecular formula is C19H30NO2+. The number of unbranched alkanes of at least 4 members (excludes halogenated alkanes) is 1. The number of quaternary nitrogens is 1. The van der Waals surface area contributed by atoms with E-state index in [4.69, 9.17) is 4.74 Å². The molecule has 0 radical (unpaired) electrons. The maximum absolute atomic E-state index is 11.2. The Morgan fingerprint density at radius 1 is 1.14 bits per heavy atom. The van der Waals surface area contributed by atoms with Crippen LogP contribution in [0.2, 0.25) is 0 Å². The molecule has 1 N–H and O–H groups in total. The molecule has 1 aliphatic rings. The van der Waals surface area contributed by atoms with Gasteiger partial charge in [0.15, 0.2) is 5.78 Å². The van der Waals surface area contributed by atoms with Gasteiger partial charge in [0, 0.05) is 17.4 Å². The van der Waals surface area contributed by atoms with Crippen molar-refractivity contribution in [2.45, 2.75) is 40.0 Å². The van der Waals surface area contributed by atoms with Crippen molar-refractivity contribution in [2.75, 3.05) is 26.2 Å². The molecule has 0 aromatic heterocycles. The molecule has 0 aliphatic carbocycles. The third-order valence-corrected chi connectivity index (χ3v) is 4.53. The Balaban J connectivity index is 1.62. The summed E-state index contributed by atoms with van der Waals surface area (Å²) in [5.41, 5.74) is 0.740. The van der Waals surface area contributed by atoms with Crippen LogP contribution in [0.5, 0.6) is 5.75 Å². The van der Waals surface area contributed by atoms with E-state index in [2.05, 4.69) is 13.8 Å². The molecule has 0 saturated carbocycles. The number of ether oxygens (including phenoxy) is 1. The second-order valence-corrected chi connectivity index (χ2v) is 6.99. The number of carbonyl (C=O) groups excluding carboxylic acids is 1. The predicted molar refractivity (Wildman–Crippen MR) is 89.7 cm³/mol. The lowest BCUT2D eigenvalue weighted by atomic mass is 9.92. The van der Waals surface area contributed by atoms with Gasteiger partial charge in [0.2, 0.25) is 0 Å². The number of ketones is 1. The van der Waals surface area contributed by atoms with Gasteiger partial charge in [-0.3, -0.25) is 4.79 Å². The van der Waals surface area contributed by atoms with Crippen LogP contribution in [0, 0.1) is 11.8 Å². The molecule has 1 heterocycles. The van der Waals surface area contributed by atoms with Gasteiger partial charge >= 0.3 is 0 Å². The van der Waals surface area contributed by atoms with E-state index in [-0.39, 0.29) is 5.78 Å². The highest BCUT2D eigenvalue weighted by atomic mass is 16.5. The van der Waals surface area contributed by atoms with E-state index in [9.17, 15) is 4.79 Å². The monoisotopic (exact) mass is 304 g/mol. The summed E-state index contributed by atoms with van der Waals surface area (Å²) in [6.45, 7) is 11.0. The molecule has 3 nitrogen and oxygen atoms in total. The molecule has 1 unspecified atom stereocenters. The molecule has 3 heteroatoms. The van der Waals surface area contributed by atoms with Gasteiger partial charge in [0.1, 0.15) is 5.75 Å². The first kappa shape index (κ1) is 17.0. The van der Waals surface area contributed by atoms with Crippen molar-refractivity contribution in [2.24, 2.45) is 11.8 Å². The molecular weight excluding hydrogens is 274 g/mol. The number of piperidine rings is 1. The summed E-state index contributed by atoms with van der Waals surface area (Å²) in [5.74, 6) is 2.70. The molecule has 1 aromatic carbocycles. The number of hydrogen-bond acceptors (Lipinski definition) is 2. The quantitative estimate of drug-likeness (QED) is 0.620. The van der Waals surface area contributed by atoms with Crippen LogP contribution in [-0.4, -0.2) is 32.0 Å². The summed E-state index contributed by atoms with van der Waals surface area (Å²) < 4.78 is 5.75. The Morgan fingerprint density at radius 3 is 2.36 bits per heavy atom. The molecule has 1 aliphatic heterocycles. The fourth-order valence-electron chi connectivity index (χ4n) is 3.58. The Hall–Kier alpha value is -1.35. The Morgan fingerprint density at radius 2 is 1.77 bits per heavy atom. The number of Topliss-reactive ketones (excluding diaryl/α,β-unsaturated/α-hetero) is 1. The Bertz CT molecular complexity index is 459. The third kappa shape index (κ3) is 5.45. The molecule has 122 valence electrons. The summed E-state index contributed by atoms with van der Waals surface area (Å²) in [6, 6.07) is 7.43. The number of hydrogen-bond donors (Lipinski definition) is 1. The van der Waals surface area contributed by atoms with Crippen LogP contribution >= 0.6 is 0 Å². The van der Waals surface area contributed by atoms with Crippen molar-refractivity contribution in [3.05, 3.63) is 29.8 Å². The maximum atomic E-state index is 11.2. The normalized spacial score (nSPS) is 25.0. The average Bonchev–Trinajstić information content (AvgIpc) is 2.46. The summed E-state index contributed by atoms with van der Waals surface area (Å²) >= 11 is 0. The average molecular weight is 304 g/mol. The van der Waals surface area contributed by atoms with Gasteiger partial charge in [0.05, 0.1) is 26.2 Å². The first-order valence-corrected chi connectivity index (χ1v) is 8.62. The van der Waals surface area contributed by atoms with E-state index in [0.29, 0.717) is 0 Å². The van der Waals surface area contributed by atoms with E-state index in [1.165, 1.54) is 32.5 Å². The number of rotatable bonds is 7. The van der Waals surface area contributed by atoms with E-state index in [1.54, 1.807) is 11.8 Å². The second kappa shape index (κ2) is 8.33. The van der Waals surface area contributed by atoms with Gasteiger partial charge in [0.25, 0.3) is 0 Å². The van der Waals surface area contributed by atoms with Crippen LogP contribution in [-0.2, 0) is 0 Å². The minimum atomic E-state index is 0.0968. The van der Waals surface area contributed by atoms with Crippen molar-refractivity contribution < 1.29 is 14.4 Å². The number of nitrogens with one attached hydrogen (secondary N) is 1. The topological polar surface area (TPSA) is 30.7 Å². The zero-order valence-corrected chi connectivity index (χ0v) is 14.2. The zero-order chi connectivity index (χ0) is 15.9. The van der Waals surface area contributed by atoms with E-state index < -0.39 is 0 Å². The Labute approximate surface area is 134 Å². The van der Waals surface area contributed by atoms with E-state index >= 15 is 0 Å². The molecule has 1 fully saturated rings. The van der Waals surface area contributed by atoms with Crippen molar-refractivity contribution in [3.63, 3.8) is 0 Å². The van der Waals surface area contributed by atoms with Gasteiger partial charge in [-0.15, -0.1) is 0 Å². The fourth-order valence-corrected chi connectivity index (χ4v) is 3.58. The van der Waals surface area contributed by atoms with Gasteiger partial charge in [-0.2, -0.15) is 0 Å². The first-order chi connectivity index (χ1) is 10.5. The smallest absolute Gasteiger partial charge is 0.159 e. The molecule has 3 atom stereocenters. The second-order valence-electron chi connectivity index (χ2n) is 6.99. The number of carbonyl (C=O) groups is 1. The predicted octanol–water partition coefficient (Wildman–Crippen LogP) is 2.61. The van der Waals surface area contributed by atoms with Crippen LogP contribution in [0.4, 0.5) is 0 Å². The SMILES string of the molecule is CC(=O)c1ccc(OCCCC[NH+]2C[C@H](C)C[C@H](C)C2)cc1. The standard InChI is InChI=1S/C19H29NO2/c1-15-12-16(2)14-20(13-15)10-4-5-11-22-19-8-6-18(7-9-19)17(3)21/h6-9,15-16H,4-5,10-14H2,1-3H3/p+1/t15-,16+. The van der Waals surface area contributed by atoms with Crippen molar-refractivity contribution in [1.29, 1.82) is 0 Å². The molecule has 0 bridgehead atoms. The highest BCUT2D eigenvalue weighted by molar-refractivity contribution is 5.94. The van der Waals surface area contributed by atoms with Crippen LogP contribution in [0.3, 0.4) is 0 Å². The third-order valence-electron chi connectivity index (χ3n) is 4.53. The van der Waals surface area contributed by atoms with Crippen LogP contribution in [0.15, 0.2) is 24.3 Å². The number of benzene rings is 1. The van der Waals surface area contributed by atoms with Crippen molar-refractivity contribution >= 4 is 5.78 Å². The molecule has 0 amide bonds. The lowest BCUT2D eigenvalue weighted by Crippen LogP contribution is -3.14. The maximum Gasteiger partial charge on any atom is 0.159 e. The summed E-state index contributed by atoms with van der Waals surface area (Å²) in [4.78, 5) is 13.0. The Kier molecular flexibility index (Phi) is 6.44. The molecule has 0 spiro atoms. The molecule has 22 heavy (non-hydrogen) atoms. The van der Waals surface area contributed by atoms with Gasteiger partial charge in [-0.25, -0.2) is 0 Å². The highest BCUT2D eigenvalue weighted by Crippen LogP contribution is 2.13. The van der Waals surface area contributed by atoms with Gasteiger partial charge in [-0.1, -0.05) is 13.8 Å². The summed E-state index contributed by atoms with van der Waals surface area (Å²) in [6.07, 6.45) is 3.71. The summed E-state index contributed by atoms with van der Waals surface area (Å²) in [7, 11) is 0. The van der Waals surface area contributed by atoms with E-state index in [1.807, 2.05) is 24.3 Å². The molecule has 2 rings (SSSR count). The van der Waals surface area contributed by atoms with Crippen LogP contribution < -0.4 is 9.64 Å². The van der Waals surface area contributed by atoms with Gasteiger partial charge < -0.3 is 9.64 Å². The lowest BCUT2D eigenvalue weighted by Gasteiger charge is -2.32. The van der Waals surface area contributed by atoms with E-state index in [0.717, 1.165) is 36.2 Å². The highest BCUT2D eigenvalue weighted by Gasteiger charge is 2.24. The lowest BCUT2D eigenvalue weighted by molar-refractivity contribution is -0.912. The number of likely N-dealkylation sites (tertiary alicyclic amines) is 1.